The monoisotopic (exact) mass is 597 g/mol. The summed E-state index contributed by atoms with van der Waals surface area (Å²) in [6, 6.07) is 13.3. The van der Waals surface area contributed by atoms with Gasteiger partial charge in [-0.15, -0.1) is 23.1 Å². The number of thioether (sulfide) groups is 1. The first-order chi connectivity index (χ1) is 20.4. The zero-order valence-corrected chi connectivity index (χ0v) is 24.7. The highest BCUT2D eigenvalue weighted by Crippen LogP contribution is 2.92. The number of amides is 4. The maximum absolute atomic E-state index is 13.2. The Balaban J connectivity index is 0.868. The summed E-state index contributed by atoms with van der Waals surface area (Å²) in [6.07, 6.45) is 6.12. The van der Waals surface area contributed by atoms with Crippen LogP contribution in [0.3, 0.4) is 0 Å². The molecular formula is C33H31N3O4S2. The van der Waals surface area contributed by atoms with Crippen LogP contribution in [0.1, 0.15) is 69.7 Å². The van der Waals surface area contributed by atoms with Crippen molar-refractivity contribution in [2.24, 2.45) is 28.6 Å². The van der Waals surface area contributed by atoms with Crippen LogP contribution in [0, 0.1) is 28.6 Å². The predicted octanol–water partition coefficient (Wildman–Crippen LogP) is 5.12. The van der Waals surface area contributed by atoms with Gasteiger partial charge < -0.3 is 10.2 Å². The lowest BCUT2D eigenvalue weighted by Gasteiger charge is -2.91. The van der Waals surface area contributed by atoms with Crippen molar-refractivity contribution in [3.05, 3.63) is 64.0 Å². The van der Waals surface area contributed by atoms with Gasteiger partial charge in [0.2, 0.25) is 11.8 Å². The van der Waals surface area contributed by atoms with Crippen LogP contribution in [0.25, 0.3) is 10.1 Å². The third-order valence-electron chi connectivity index (χ3n) is 11.7. The molecule has 1 aromatic heterocycles. The molecule has 214 valence electrons. The lowest BCUT2D eigenvalue weighted by molar-refractivity contribution is -0.428. The molecule has 1 saturated heterocycles. The number of hydrogen-bond donors (Lipinski definition) is 2. The van der Waals surface area contributed by atoms with E-state index in [0.717, 1.165) is 56.2 Å². The fourth-order valence-corrected chi connectivity index (χ4v) is 12.1. The summed E-state index contributed by atoms with van der Waals surface area (Å²) < 4.78 is 1.16. The first-order valence-corrected chi connectivity index (χ1v) is 16.9. The van der Waals surface area contributed by atoms with Crippen LogP contribution in [0.15, 0.2) is 47.4 Å². The van der Waals surface area contributed by atoms with Gasteiger partial charge in [-0.1, -0.05) is 6.07 Å². The number of fused-ring (bicyclic) bond motifs is 2. The molecule has 3 unspecified atom stereocenters. The molecule has 2 aromatic carbocycles. The van der Waals surface area contributed by atoms with Gasteiger partial charge in [-0.25, -0.2) is 0 Å². The van der Waals surface area contributed by atoms with E-state index in [2.05, 4.69) is 22.8 Å². The van der Waals surface area contributed by atoms with Gasteiger partial charge in [0.15, 0.2) is 0 Å². The standard InChI is InChI=1S/C33H31N3O4S2/c37-28-7-5-25(30(39)35-28)36-14-24-23(31(36)40)2-1-3-27(24)41-15-22-9-18-8-17(4-6-26(18)42-22)29(38)34-16-32-12-20-10-19-11-21(13-32)33(19,20)32/h1-4,6,8-9,19-21,25H,5,7,10-16H2,(H,34,38)(H,35,37,39). The summed E-state index contributed by atoms with van der Waals surface area (Å²) in [6.45, 7) is 1.21. The summed E-state index contributed by atoms with van der Waals surface area (Å²) >= 11 is 3.42. The van der Waals surface area contributed by atoms with Crippen molar-refractivity contribution in [1.82, 2.24) is 15.5 Å². The number of carbonyl (C=O) groups is 4. The van der Waals surface area contributed by atoms with Crippen LogP contribution in [0.5, 0.6) is 0 Å². The Labute approximate surface area is 251 Å². The lowest BCUT2D eigenvalue weighted by atomic mass is 9.13. The van der Waals surface area contributed by atoms with E-state index in [9.17, 15) is 19.2 Å². The van der Waals surface area contributed by atoms with Crippen molar-refractivity contribution in [2.45, 2.75) is 61.8 Å². The molecule has 2 N–H and O–H groups in total. The number of benzene rings is 2. The fraction of sp³-hybridized carbons (Fsp3) is 0.455. The maximum Gasteiger partial charge on any atom is 0.255 e. The van der Waals surface area contributed by atoms with E-state index in [1.165, 1.54) is 30.6 Å². The molecule has 4 aliphatic carbocycles. The second kappa shape index (κ2) is 8.69. The summed E-state index contributed by atoms with van der Waals surface area (Å²) in [5, 5.41) is 6.76. The SMILES string of the molecule is O=C1CCC(N2Cc3c(SCc4cc5cc(C(=O)NCC67CC8CC9CC(C6)C987)ccc5s4)cccc3C2=O)C(=O)N1. The Morgan fingerprint density at radius 3 is 2.67 bits per heavy atom. The van der Waals surface area contributed by atoms with Gasteiger partial charge in [0, 0.05) is 50.9 Å². The Bertz CT molecular complexity index is 1720. The van der Waals surface area contributed by atoms with Crippen molar-refractivity contribution in [1.29, 1.82) is 0 Å². The first kappa shape index (κ1) is 25.3. The zero-order chi connectivity index (χ0) is 28.4. The predicted molar refractivity (Wildman–Crippen MR) is 160 cm³/mol. The molecule has 2 aliphatic heterocycles. The van der Waals surface area contributed by atoms with E-state index >= 15 is 0 Å². The second-order valence-electron chi connectivity index (χ2n) is 13.3. The smallest absolute Gasteiger partial charge is 0.255 e. The van der Waals surface area contributed by atoms with Crippen molar-refractivity contribution in [3.63, 3.8) is 0 Å². The highest BCUT2D eigenvalue weighted by atomic mass is 32.2. The minimum Gasteiger partial charge on any atom is -0.351 e. The van der Waals surface area contributed by atoms with E-state index in [1.807, 2.05) is 30.3 Å². The first-order valence-electron chi connectivity index (χ1n) is 15.1. The molecule has 1 spiro atoms. The van der Waals surface area contributed by atoms with Crippen LogP contribution in [0.4, 0.5) is 0 Å². The number of nitrogens with one attached hydrogen (secondary N) is 2. The molecule has 3 atom stereocenters. The molecule has 0 bridgehead atoms. The van der Waals surface area contributed by atoms with Gasteiger partial charge in [0.05, 0.1) is 0 Å². The molecular weight excluding hydrogens is 567 g/mol. The molecule has 3 heterocycles. The second-order valence-corrected chi connectivity index (χ2v) is 15.5. The summed E-state index contributed by atoms with van der Waals surface area (Å²) in [4.78, 5) is 54.2. The molecule has 9 heteroatoms. The van der Waals surface area contributed by atoms with Crippen LogP contribution < -0.4 is 10.6 Å². The molecule has 4 amide bonds. The Morgan fingerprint density at radius 2 is 1.90 bits per heavy atom. The lowest BCUT2D eigenvalue weighted by Crippen LogP contribution is -2.86. The topological polar surface area (TPSA) is 95.6 Å². The number of thiophene rings is 1. The van der Waals surface area contributed by atoms with E-state index in [-0.39, 0.29) is 24.1 Å². The van der Waals surface area contributed by atoms with Crippen LogP contribution >= 0.6 is 23.1 Å². The van der Waals surface area contributed by atoms with Gasteiger partial charge in [0.1, 0.15) is 6.04 Å². The third kappa shape index (κ3) is 3.24. The molecule has 42 heavy (non-hydrogen) atoms. The number of hydrogen-bond acceptors (Lipinski definition) is 6. The van der Waals surface area contributed by atoms with Crippen molar-refractivity contribution >= 4 is 56.8 Å². The van der Waals surface area contributed by atoms with E-state index in [1.54, 1.807) is 28.0 Å². The number of nitrogens with zero attached hydrogens (tertiary/aromatic N) is 1. The average molecular weight is 598 g/mol. The summed E-state index contributed by atoms with van der Waals surface area (Å²) in [5.74, 6) is 2.82. The Hall–Kier alpha value is -3.17. The van der Waals surface area contributed by atoms with Gasteiger partial charge in [-0.3, -0.25) is 24.5 Å². The fourth-order valence-electron chi connectivity index (χ4n) is 9.96. The quantitative estimate of drug-likeness (QED) is 0.291. The molecule has 6 aliphatic rings. The normalized spacial score (nSPS) is 33.4. The minimum absolute atomic E-state index is 0.0389. The largest absolute Gasteiger partial charge is 0.351 e. The van der Waals surface area contributed by atoms with Crippen LogP contribution in [0.2, 0.25) is 0 Å². The average Bonchev–Trinajstić information content (AvgIpc) is 3.50. The highest BCUT2D eigenvalue weighted by Gasteiger charge is 2.87. The molecule has 4 saturated carbocycles. The van der Waals surface area contributed by atoms with Crippen molar-refractivity contribution in [3.8, 4) is 0 Å². The number of imide groups is 1. The number of rotatable bonds is 7. The molecule has 3 aromatic rings. The minimum atomic E-state index is -0.613. The van der Waals surface area contributed by atoms with Crippen molar-refractivity contribution < 1.29 is 19.2 Å². The van der Waals surface area contributed by atoms with Crippen LogP contribution in [-0.2, 0) is 21.9 Å². The van der Waals surface area contributed by atoms with Crippen LogP contribution in [-0.4, -0.2) is 41.1 Å². The van der Waals surface area contributed by atoms with Gasteiger partial charge in [0.25, 0.3) is 11.8 Å². The maximum atomic E-state index is 13.2. The summed E-state index contributed by atoms with van der Waals surface area (Å²) in [7, 11) is 0. The molecule has 5 fully saturated rings. The van der Waals surface area contributed by atoms with Gasteiger partial charge in [-0.05, 0) is 108 Å². The molecule has 7 nitrogen and oxygen atoms in total. The van der Waals surface area contributed by atoms with E-state index in [4.69, 9.17) is 0 Å². The van der Waals surface area contributed by atoms with E-state index < -0.39 is 11.9 Å². The van der Waals surface area contributed by atoms with Gasteiger partial charge in [-0.2, -0.15) is 0 Å². The Kier molecular flexibility index (Phi) is 5.24. The molecule has 0 radical (unpaired) electrons. The Morgan fingerprint density at radius 1 is 1.07 bits per heavy atom. The number of piperidine rings is 1. The van der Waals surface area contributed by atoms with E-state index in [0.29, 0.717) is 29.4 Å². The molecule has 9 rings (SSSR count). The summed E-state index contributed by atoms with van der Waals surface area (Å²) in [5.41, 5.74) is 3.33. The number of carbonyl (C=O) groups excluding carboxylic acids is 4. The van der Waals surface area contributed by atoms with Gasteiger partial charge >= 0.3 is 0 Å². The highest BCUT2D eigenvalue weighted by molar-refractivity contribution is 7.98. The van der Waals surface area contributed by atoms with Crippen molar-refractivity contribution in [2.75, 3.05) is 6.54 Å². The third-order valence-corrected chi connectivity index (χ3v) is 14.1. The zero-order valence-electron chi connectivity index (χ0n) is 23.1.